The molecule has 2 heterocycles. The van der Waals surface area contributed by atoms with Crippen molar-refractivity contribution in [2.45, 2.75) is 31.8 Å². The monoisotopic (exact) mass is 399 g/mol. The maximum Gasteiger partial charge on any atom is 0.325 e. The largest absolute Gasteiger partial charge is 0.325 e. The summed E-state index contributed by atoms with van der Waals surface area (Å²) in [5, 5.41) is 2.40. The molecule has 2 aliphatic rings. The highest BCUT2D eigenvalue weighted by Crippen LogP contribution is 2.34. The van der Waals surface area contributed by atoms with Crippen LogP contribution in [0, 0.1) is 11.6 Å². The lowest BCUT2D eigenvalue weighted by atomic mass is 9.91. The van der Waals surface area contributed by atoms with E-state index in [1.807, 2.05) is 31.2 Å². The Balaban J connectivity index is 1.60. The van der Waals surface area contributed by atoms with Gasteiger partial charge in [0, 0.05) is 17.3 Å². The number of urea groups is 1. The number of imide groups is 1. The molecule has 4 amide bonds. The maximum absolute atomic E-state index is 14.3. The average Bonchev–Trinajstić information content (AvgIpc) is 3.12. The molecule has 0 spiro atoms. The summed E-state index contributed by atoms with van der Waals surface area (Å²) in [6, 6.07) is 9.19. The third kappa shape index (κ3) is 2.95. The Morgan fingerprint density at radius 1 is 1.21 bits per heavy atom. The lowest BCUT2D eigenvalue weighted by Crippen LogP contribution is -2.46. The quantitative estimate of drug-likeness (QED) is 0.807. The molecule has 1 fully saturated rings. The van der Waals surface area contributed by atoms with E-state index in [4.69, 9.17) is 0 Å². The molecule has 0 unspecified atom stereocenters. The first-order valence-corrected chi connectivity index (χ1v) is 9.22. The molecule has 1 saturated heterocycles. The summed E-state index contributed by atoms with van der Waals surface area (Å²) in [6.45, 7) is 2.69. The zero-order valence-corrected chi connectivity index (χ0v) is 15.9. The number of benzene rings is 2. The second kappa shape index (κ2) is 6.65. The highest BCUT2D eigenvalue weighted by atomic mass is 19.1. The van der Waals surface area contributed by atoms with Crippen LogP contribution in [0.4, 0.5) is 19.3 Å². The van der Waals surface area contributed by atoms with Crippen LogP contribution in [0.5, 0.6) is 0 Å². The second-order valence-electron chi connectivity index (χ2n) is 7.52. The van der Waals surface area contributed by atoms with Crippen molar-refractivity contribution in [3.63, 3.8) is 0 Å². The molecule has 0 aromatic heterocycles. The number of anilines is 1. The van der Waals surface area contributed by atoms with Crippen LogP contribution in [-0.2, 0) is 21.5 Å². The number of para-hydroxylation sites is 1. The van der Waals surface area contributed by atoms with Crippen LogP contribution in [0.15, 0.2) is 42.5 Å². The van der Waals surface area contributed by atoms with E-state index in [-0.39, 0.29) is 11.6 Å². The van der Waals surface area contributed by atoms with Gasteiger partial charge in [0.2, 0.25) is 5.91 Å². The molecule has 2 atom stereocenters. The molecule has 0 radical (unpaired) electrons. The minimum atomic E-state index is -1.79. The minimum absolute atomic E-state index is 0.118. The summed E-state index contributed by atoms with van der Waals surface area (Å²) >= 11 is 0. The molecule has 4 rings (SSSR count). The number of rotatable bonds is 3. The number of carbonyl (C=O) groups excluding carboxylic acids is 3. The molecule has 2 aromatic rings. The molecule has 29 heavy (non-hydrogen) atoms. The molecule has 2 aliphatic heterocycles. The zero-order valence-electron chi connectivity index (χ0n) is 15.9. The van der Waals surface area contributed by atoms with Gasteiger partial charge in [-0.3, -0.25) is 14.5 Å². The van der Waals surface area contributed by atoms with Crippen molar-refractivity contribution in [3.8, 4) is 0 Å². The van der Waals surface area contributed by atoms with E-state index in [2.05, 4.69) is 5.32 Å². The second-order valence-corrected chi connectivity index (χ2v) is 7.52. The van der Waals surface area contributed by atoms with Crippen LogP contribution in [0.25, 0.3) is 0 Å². The first-order chi connectivity index (χ1) is 13.7. The van der Waals surface area contributed by atoms with E-state index < -0.39 is 41.6 Å². The third-order valence-electron chi connectivity index (χ3n) is 5.51. The van der Waals surface area contributed by atoms with Gasteiger partial charge < -0.3 is 10.2 Å². The normalized spacial score (nSPS) is 23.4. The summed E-state index contributed by atoms with van der Waals surface area (Å²) in [5.41, 5.74) is -0.322. The average molecular weight is 399 g/mol. The first-order valence-electron chi connectivity index (χ1n) is 9.22. The summed E-state index contributed by atoms with van der Waals surface area (Å²) in [5.74, 6) is -2.78. The first kappa shape index (κ1) is 19.0. The number of hydrogen-bond acceptors (Lipinski definition) is 3. The van der Waals surface area contributed by atoms with Crippen molar-refractivity contribution in [1.82, 2.24) is 10.2 Å². The number of fused-ring (bicyclic) bond motifs is 1. The van der Waals surface area contributed by atoms with E-state index in [1.54, 1.807) is 4.90 Å². The molecule has 0 aliphatic carbocycles. The van der Waals surface area contributed by atoms with Gasteiger partial charge in [-0.15, -0.1) is 0 Å². The van der Waals surface area contributed by atoms with Gasteiger partial charge >= 0.3 is 6.03 Å². The molecule has 8 heteroatoms. The van der Waals surface area contributed by atoms with Crippen molar-refractivity contribution in [1.29, 1.82) is 0 Å². The lowest BCUT2D eigenvalue weighted by molar-refractivity contribution is -0.134. The fourth-order valence-electron chi connectivity index (χ4n) is 4.06. The number of amides is 4. The van der Waals surface area contributed by atoms with Gasteiger partial charge in [-0.1, -0.05) is 18.2 Å². The van der Waals surface area contributed by atoms with Gasteiger partial charge in [0.15, 0.2) is 0 Å². The van der Waals surface area contributed by atoms with Gasteiger partial charge in [-0.05, 0) is 50.1 Å². The van der Waals surface area contributed by atoms with Crippen LogP contribution in [0.3, 0.4) is 0 Å². The smallest absolute Gasteiger partial charge is 0.319 e. The van der Waals surface area contributed by atoms with Crippen molar-refractivity contribution < 1.29 is 23.2 Å². The summed E-state index contributed by atoms with van der Waals surface area (Å²) < 4.78 is 27.9. The van der Waals surface area contributed by atoms with Crippen LogP contribution in [0.1, 0.15) is 25.0 Å². The van der Waals surface area contributed by atoms with Crippen LogP contribution in [-0.4, -0.2) is 35.3 Å². The van der Waals surface area contributed by atoms with E-state index >= 15 is 0 Å². The fraction of sp³-hybridized carbons (Fsp3) is 0.286. The van der Waals surface area contributed by atoms with Gasteiger partial charge in [0.25, 0.3) is 5.91 Å². The molecular formula is C21H19F2N3O3. The molecule has 0 saturated carbocycles. The predicted molar refractivity (Wildman–Crippen MR) is 101 cm³/mol. The summed E-state index contributed by atoms with van der Waals surface area (Å²) in [7, 11) is 0. The van der Waals surface area contributed by atoms with Gasteiger partial charge in [0.1, 0.15) is 23.7 Å². The molecule has 2 aromatic carbocycles. The van der Waals surface area contributed by atoms with Crippen molar-refractivity contribution in [2.24, 2.45) is 0 Å². The van der Waals surface area contributed by atoms with Crippen molar-refractivity contribution in [2.75, 3.05) is 11.4 Å². The molecule has 150 valence electrons. The van der Waals surface area contributed by atoms with Crippen molar-refractivity contribution in [3.05, 3.63) is 65.2 Å². The molecular weight excluding hydrogens is 380 g/mol. The Bertz CT molecular complexity index is 1040. The number of nitrogens with zero attached hydrogens (tertiary/aromatic N) is 2. The van der Waals surface area contributed by atoms with E-state index in [1.165, 1.54) is 6.92 Å². The summed E-state index contributed by atoms with van der Waals surface area (Å²) in [6.07, 6.45) is 0.675. The Labute approximate surface area is 166 Å². The highest BCUT2D eigenvalue weighted by molar-refractivity contribution is 6.11. The number of carbonyl (C=O) groups is 3. The SMILES string of the molecule is C[C@H]1Cc2ccccc2N1C(=O)CN1C(=O)N[C@@](C)(c2cc(F)ccc2F)C1=O. The van der Waals surface area contributed by atoms with E-state index in [0.717, 1.165) is 34.3 Å². The van der Waals surface area contributed by atoms with Crippen molar-refractivity contribution >= 4 is 23.5 Å². The topological polar surface area (TPSA) is 69.7 Å². The van der Waals surface area contributed by atoms with E-state index in [0.29, 0.717) is 6.42 Å². The standard InChI is InChI=1S/C21H19F2N3O3/c1-12-9-13-5-3-4-6-17(13)26(12)18(27)11-25-19(28)21(2,24-20(25)29)15-10-14(22)7-8-16(15)23/h3-8,10,12H,9,11H2,1-2H3,(H,24,29)/t12-,21-/m0/s1. The molecule has 0 bridgehead atoms. The number of hydrogen-bond donors (Lipinski definition) is 1. The van der Waals surface area contributed by atoms with Gasteiger partial charge in [-0.25, -0.2) is 13.6 Å². The summed E-state index contributed by atoms with van der Waals surface area (Å²) in [4.78, 5) is 40.7. The minimum Gasteiger partial charge on any atom is -0.319 e. The van der Waals surface area contributed by atoms with Gasteiger partial charge in [0.05, 0.1) is 0 Å². The lowest BCUT2D eigenvalue weighted by Gasteiger charge is -2.26. The third-order valence-corrected chi connectivity index (χ3v) is 5.51. The van der Waals surface area contributed by atoms with E-state index in [9.17, 15) is 23.2 Å². The highest BCUT2D eigenvalue weighted by Gasteiger charge is 2.51. The van der Waals surface area contributed by atoms with Crippen LogP contribution < -0.4 is 10.2 Å². The fourth-order valence-corrected chi connectivity index (χ4v) is 4.06. The zero-order chi connectivity index (χ0) is 20.9. The maximum atomic E-state index is 14.3. The Hall–Kier alpha value is -3.29. The molecule has 1 N–H and O–H groups in total. The number of nitrogens with one attached hydrogen (secondary N) is 1. The van der Waals surface area contributed by atoms with Gasteiger partial charge in [-0.2, -0.15) is 0 Å². The number of halogens is 2. The Morgan fingerprint density at radius 3 is 2.69 bits per heavy atom. The van der Waals surface area contributed by atoms with Crippen LogP contribution >= 0.6 is 0 Å². The Morgan fingerprint density at radius 2 is 1.93 bits per heavy atom. The molecule has 6 nitrogen and oxygen atoms in total. The van der Waals surface area contributed by atoms with Crippen LogP contribution in [0.2, 0.25) is 0 Å². The Kier molecular flexibility index (Phi) is 4.37. The predicted octanol–water partition coefficient (Wildman–Crippen LogP) is 2.71.